The van der Waals surface area contributed by atoms with E-state index < -0.39 is 0 Å². The van der Waals surface area contributed by atoms with Crippen LogP contribution in [0.5, 0.6) is 0 Å². The highest BCUT2D eigenvalue weighted by molar-refractivity contribution is 8.01. The van der Waals surface area contributed by atoms with Crippen molar-refractivity contribution in [1.29, 1.82) is 0 Å². The standard InChI is InChI=1S/C20H25N5O2S2/c1-20(2,3)16-17(26)25-18(22-21-16)29-19(23-25)28-13-15-12-24(9-10-27-15)11-14-7-5-4-6-8-14/h4-8,15H,9-13H2,1-3H3. The first-order valence-electron chi connectivity index (χ1n) is 9.68. The number of morpholine rings is 1. The highest BCUT2D eigenvalue weighted by Crippen LogP contribution is 2.26. The van der Waals surface area contributed by atoms with Crippen LogP contribution in [0.2, 0.25) is 0 Å². The third kappa shape index (κ3) is 4.85. The fourth-order valence-corrected chi connectivity index (χ4v) is 5.16. The molecule has 2 aromatic heterocycles. The summed E-state index contributed by atoms with van der Waals surface area (Å²) in [5.74, 6) is 0.791. The summed E-state index contributed by atoms with van der Waals surface area (Å²) < 4.78 is 8.14. The average molecular weight is 432 g/mol. The van der Waals surface area contributed by atoms with E-state index in [0.29, 0.717) is 10.7 Å². The van der Waals surface area contributed by atoms with Crippen LogP contribution in [0, 0.1) is 0 Å². The lowest BCUT2D eigenvalue weighted by molar-refractivity contribution is -0.0187. The minimum Gasteiger partial charge on any atom is -0.375 e. The minimum atomic E-state index is -0.361. The lowest BCUT2D eigenvalue weighted by Gasteiger charge is -2.32. The van der Waals surface area contributed by atoms with E-state index in [4.69, 9.17) is 4.74 Å². The van der Waals surface area contributed by atoms with Crippen molar-refractivity contribution >= 4 is 28.1 Å². The molecule has 1 aliphatic rings. The van der Waals surface area contributed by atoms with Gasteiger partial charge in [-0.2, -0.15) is 4.52 Å². The Hall–Kier alpha value is -1.81. The zero-order valence-electron chi connectivity index (χ0n) is 16.9. The van der Waals surface area contributed by atoms with Crippen LogP contribution in [0.1, 0.15) is 32.0 Å². The summed E-state index contributed by atoms with van der Waals surface area (Å²) in [5, 5.41) is 12.8. The quantitative estimate of drug-likeness (QED) is 0.575. The van der Waals surface area contributed by atoms with Gasteiger partial charge in [-0.15, -0.1) is 15.3 Å². The van der Waals surface area contributed by atoms with Gasteiger partial charge >= 0.3 is 0 Å². The lowest BCUT2D eigenvalue weighted by atomic mass is 9.93. The first-order valence-corrected chi connectivity index (χ1v) is 11.5. The van der Waals surface area contributed by atoms with Gasteiger partial charge in [0.2, 0.25) is 4.96 Å². The Kier molecular flexibility index (Phi) is 6.00. The molecule has 1 fully saturated rings. The van der Waals surface area contributed by atoms with Crippen LogP contribution < -0.4 is 5.56 Å². The smallest absolute Gasteiger partial charge is 0.297 e. The minimum absolute atomic E-state index is 0.136. The van der Waals surface area contributed by atoms with Crippen LogP contribution >= 0.6 is 23.1 Å². The molecule has 0 spiro atoms. The number of benzene rings is 1. The number of ether oxygens (including phenoxy) is 1. The van der Waals surface area contributed by atoms with Crippen molar-refractivity contribution in [3.05, 3.63) is 51.9 Å². The van der Waals surface area contributed by atoms with Gasteiger partial charge in [-0.3, -0.25) is 9.69 Å². The van der Waals surface area contributed by atoms with Crippen molar-refractivity contribution < 1.29 is 4.74 Å². The number of hydrogen-bond donors (Lipinski definition) is 0. The molecule has 9 heteroatoms. The van der Waals surface area contributed by atoms with Gasteiger partial charge in [0.25, 0.3) is 5.56 Å². The molecule has 3 heterocycles. The Labute approximate surface area is 178 Å². The van der Waals surface area contributed by atoms with Crippen molar-refractivity contribution in [2.24, 2.45) is 0 Å². The molecule has 1 unspecified atom stereocenters. The van der Waals surface area contributed by atoms with Gasteiger partial charge in [0.1, 0.15) is 5.69 Å². The van der Waals surface area contributed by atoms with Gasteiger partial charge in [-0.05, 0) is 5.56 Å². The van der Waals surface area contributed by atoms with Gasteiger partial charge in [-0.1, -0.05) is 74.2 Å². The van der Waals surface area contributed by atoms with E-state index in [9.17, 15) is 4.79 Å². The zero-order valence-corrected chi connectivity index (χ0v) is 18.5. The van der Waals surface area contributed by atoms with Crippen LogP contribution in [0.15, 0.2) is 39.5 Å². The van der Waals surface area contributed by atoms with E-state index in [2.05, 4.69) is 44.5 Å². The molecular formula is C20H25N5O2S2. The van der Waals surface area contributed by atoms with E-state index in [1.54, 1.807) is 11.8 Å². The molecule has 0 bridgehead atoms. The maximum absolute atomic E-state index is 12.7. The predicted octanol–water partition coefficient (Wildman–Crippen LogP) is 2.84. The van der Waals surface area contributed by atoms with E-state index in [1.807, 2.05) is 26.8 Å². The number of nitrogens with zero attached hydrogens (tertiary/aromatic N) is 5. The number of rotatable bonds is 5. The summed E-state index contributed by atoms with van der Waals surface area (Å²) in [7, 11) is 0. The summed E-state index contributed by atoms with van der Waals surface area (Å²) in [6.45, 7) is 9.36. The van der Waals surface area contributed by atoms with Gasteiger partial charge in [-0.25, -0.2) is 0 Å². The molecule has 7 nitrogen and oxygen atoms in total. The second kappa shape index (κ2) is 8.51. The SMILES string of the molecule is CC(C)(C)c1nnc2sc(SCC3CN(Cc4ccccc4)CCO3)nn2c1=O. The molecule has 154 valence electrons. The van der Waals surface area contributed by atoms with Crippen LogP contribution in [-0.2, 0) is 16.7 Å². The molecule has 0 radical (unpaired) electrons. The predicted molar refractivity (Wildman–Crippen MR) is 116 cm³/mol. The van der Waals surface area contributed by atoms with Gasteiger partial charge in [0.15, 0.2) is 4.34 Å². The van der Waals surface area contributed by atoms with E-state index in [0.717, 1.165) is 36.3 Å². The molecule has 0 amide bonds. The van der Waals surface area contributed by atoms with Crippen LogP contribution in [0.4, 0.5) is 0 Å². The molecule has 29 heavy (non-hydrogen) atoms. The number of aromatic nitrogens is 4. The molecule has 1 aromatic carbocycles. The van der Waals surface area contributed by atoms with Gasteiger partial charge in [0, 0.05) is 30.8 Å². The molecule has 4 rings (SSSR count). The third-order valence-corrected chi connectivity index (χ3v) is 6.91. The van der Waals surface area contributed by atoms with Crippen LogP contribution in [0.25, 0.3) is 4.96 Å². The van der Waals surface area contributed by atoms with Crippen LogP contribution in [-0.4, -0.2) is 56.3 Å². The summed E-state index contributed by atoms with van der Waals surface area (Å²) in [6, 6.07) is 10.5. The molecule has 3 aromatic rings. The van der Waals surface area contributed by atoms with Crippen molar-refractivity contribution in [1.82, 2.24) is 24.7 Å². The Morgan fingerprint density at radius 3 is 2.79 bits per heavy atom. The van der Waals surface area contributed by atoms with Crippen molar-refractivity contribution in [3.8, 4) is 0 Å². The lowest BCUT2D eigenvalue weighted by Crippen LogP contribution is -2.43. The fourth-order valence-electron chi connectivity index (χ4n) is 3.26. The van der Waals surface area contributed by atoms with Crippen molar-refractivity contribution in [2.45, 2.75) is 43.2 Å². The van der Waals surface area contributed by atoms with Crippen molar-refractivity contribution in [3.63, 3.8) is 0 Å². The van der Waals surface area contributed by atoms with Gasteiger partial charge in [0.05, 0.1) is 12.7 Å². The summed E-state index contributed by atoms with van der Waals surface area (Å²) in [5.41, 5.74) is 1.21. The largest absolute Gasteiger partial charge is 0.375 e. The highest BCUT2D eigenvalue weighted by Gasteiger charge is 2.24. The zero-order chi connectivity index (χ0) is 20.4. The second-order valence-electron chi connectivity index (χ2n) is 8.19. The van der Waals surface area contributed by atoms with E-state index in [-0.39, 0.29) is 17.1 Å². The summed E-state index contributed by atoms with van der Waals surface area (Å²) >= 11 is 3.01. The van der Waals surface area contributed by atoms with Crippen molar-refractivity contribution in [2.75, 3.05) is 25.4 Å². The summed E-state index contributed by atoms with van der Waals surface area (Å²) in [4.78, 5) is 15.6. The maximum Gasteiger partial charge on any atom is 0.297 e. The third-order valence-electron chi connectivity index (χ3n) is 4.75. The first kappa shape index (κ1) is 20.5. The monoisotopic (exact) mass is 431 g/mol. The average Bonchev–Trinajstić information content (AvgIpc) is 3.11. The highest BCUT2D eigenvalue weighted by atomic mass is 32.2. The molecule has 1 saturated heterocycles. The van der Waals surface area contributed by atoms with E-state index in [1.165, 1.54) is 21.4 Å². The topological polar surface area (TPSA) is 72.6 Å². The molecule has 0 N–H and O–H groups in total. The van der Waals surface area contributed by atoms with Gasteiger partial charge < -0.3 is 4.74 Å². The number of hydrogen-bond acceptors (Lipinski definition) is 8. The van der Waals surface area contributed by atoms with Crippen LogP contribution in [0.3, 0.4) is 0 Å². The Bertz CT molecular complexity index is 1030. The molecule has 1 atom stereocenters. The Morgan fingerprint density at radius 2 is 2.03 bits per heavy atom. The first-order chi connectivity index (χ1) is 13.9. The molecule has 0 aliphatic carbocycles. The summed E-state index contributed by atoms with van der Waals surface area (Å²) in [6.07, 6.45) is 0.136. The number of fused-ring (bicyclic) bond motifs is 1. The normalized spacial score (nSPS) is 18.4. The second-order valence-corrected chi connectivity index (χ2v) is 10.4. The molecule has 1 aliphatic heterocycles. The number of thioether (sulfide) groups is 1. The fraction of sp³-hybridized carbons (Fsp3) is 0.500. The Morgan fingerprint density at radius 1 is 1.24 bits per heavy atom. The molecular weight excluding hydrogens is 406 g/mol. The van der Waals surface area contributed by atoms with E-state index >= 15 is 0 Å². The Balaban J connectivity index is 1.40. The maximum atomic E-state index is 12.7. The molecule has 0 saturated carbocycles.